The number of rotatable bonds is 27. The zero-order chi connectivity index (χ0) is 47.6. The number of aliphatic hydroxyl groups excluding tert-OH is 3. The molecule has 7 atom stereocenters. The van der Waals surface area contributed by atoms with Crippen LogP contribution in [0.25, 0.3) is 0 Å². The maximum Gasteiger partial charge on any atom is 0.410 e. The van der Waals surface area contributed by atoms with Crippen LogP contribution in [0, 0.1) is 24.7 Å². The molecule has 370 valence electrons. The second-order valence-corrected chi connectivity index (χ2v) is 17.9. The van der Waals surface area contributed by atoms with Gasteiger partial charge in [-0.15, -0.1) is 6.58 Å². The minimum absolute atomic E-state index is 0.00897. The zero-order valence-electron chi connectivity index (χ0n) is 39.6. The number of ether oxygens (including phenoxy) is 7. The van der Waals surface area contributed by atoms with Crippen LogP contribution in [-0.2, 0) is 41.7 Å². The van der Waals surface area contributed by atoms with Crippen molar-refractivity contribution in [2.75, 3.05) is 66.0 Å². The number of hydrogen-bond acceptors (Lipinski definition) is 14. The van der Waals surface area contributed by atoms with Crippen molar-refractivity contribution in [3.05, 3.63) is 114 Å². The summed E-state index contributed by atoms with van der Waals surface area (Å²) < 4.78 is 44.7. The summed E-state index contributed by atoms with van der Waals surface area (Å²) >= 11 is 0. The van der Waals surface area contributed by atoms with Crippen molar-refractivity contribution in [1.29, 1.82) is 0 Å². The molecule has 3 N–H and O–H groups in total. The van der Waals surface area contributed by atoms with Gasteiger partial charge in [0.25, 0.3) is 0 Å². The SMILES string of the molecule is C=CCO[C@@]12Oc3ccc(OCc4cccc(C)n4)cc3[C@H]3[C@H](CCCCO)[C@@H](CCCCO)C=C(C(=NOC4CCCCO4)C[C@@H]1N(CCOCCO)C(=O)OCCOCc1ccccc1)[C@H]32. The molecule has 2 fully saturated rings. The van der Waals surface area contributed by atoms with Gasteiger partial charge in [0.2, 0.25) is 12.1 Å². The number of carbonyl (C=O) groups is 1. The van der Waals surface area contributed by atoms with Crippen molar-refractivity contribution in [2.24, 2.45) is 22.9 Å². The number of aromatic nitrogens is 1. The maximum atomic E-state index is 14.8. The zero-order valence-corrected chi connectivity index (χ0v) is 39.6. The molecule has 0 spiro atoms. The first kappa shape index (κ1) is 51.0. The first-order valence-corrected chi connectivity index (χ1v) is 24.5. The highest BCUT2D eigenvalue weighted by Gasteiger charge is 2.65. The molecule has 68 heavy (non-hydrogen) atoms. The Morgan fingerprint density at radius 1 is 0.926 bits per heavy atom. The van der Waals surface area contributed by atoms with Gasteiger partial charge in [-0.25, -0.2) is 4.79 Å². The van der Waals surface area contributed by atoms with E-state index in [1.165, 1.54) is 0 Å². The summed E-state index contributed by atoms with van der Waals surface area (Å²) in [4.78, 5) is 27.3. The Morgan fingerprint density at radius 3 is 2.53 bits per heavy atom. The van der Waals surface area contributed by atoms with Crippen LogP contribution in [-0.4, -0.2) is 121 Å². The summed E-state index contributed by atoms with van der Waals surface area (Å²) in [5.41, 5.74) is 5.19. The number of hydrogen-bond donors (Lipinski definition) is 3. The van der Waals surface area contributed by atoms with Gasteiger partial charge in [-0.05, 0) is 98.8 Å². The van der Waals surface area contributed by atoms with Gasteiger partial charge in [-0.3, -0.25) is 9.88 Å². The van der Waals surface area contributed by atoms with Crippen molar-refractivity contribution in [3.63, 3.8) is 0 Å². The third kappa shape index (κ3) is 13.1. The molecule has 1 saturated heterocycles. The molecule has 2 aromatic carbocycles. The molecular formula is C53H71N3O12. The average Bonchev–Trinajstić information content (AvgIpc) is 3.36. The Balaban J connectivity index is 1.34. The van der Waals surface area contributed by atoms with Gasteiger partial charge < -0.3 is 53.3 Å². The van der Waals surface area contributed by atoms with Gasteiger partial charge >= 0.3 is 6.09 Å². The summed E-state index contributed by atoms with van der Waals surface area (Å²) in [6.45, 7) is 7.68. The van der Waals surface area contributed by atoms with E-state index in [0.717, 1.165) is 66.6 Å². The van der Waals surface area contributed by atoms with E-state index in [9.17, 15) is 20.1 Å². The number of nitrogens with zero attached hydrogens (tertiary/aromatic N) is 3. The number of carbonyl (C=O) groups excluding carboxylic acids is 1. The van der Waals surface area contributed by atoms with Crippen LogP contribution in [0.3, 0.4) is 0 Å². The normalized spacial score (nSPS) is 24.5. The Morgan fingerprint density at radius 2 is 1.76 bits per heavy atom. The van der Waals surface area contributed by atoms with Gasteiger partial charge in [-0.2, -0.15) is 0 Å². The van der Waals surface area contributed by atoms with Crippen LogP contribution in [0.4, 0.5) is 4.79 Å². The van der Waals surface area contributed by atoms with Crippen LogP contribution in [0.2, 0.25) is 0 Å². The molecule has 4 aliphatic rings. The number of allylic oxidation sites excluding steroid dienone is 1. The first-order chi connectivity index (χ1) is 33.4. The monoisotopic (exact) mass is 942 g/mol. The van der Waals surface area contributed by atoms with Gasteiger partial charge in [-0.1, -0.05) is 66.5 Å². The van der Waals surface area contributed by atoms with Crippen LogP contribution < -0.4 is 9.47 Å². The standard InChI is InChI=1S/C53H71N3O12/c1-3-27-66-53-48(56(23-29-61-30-26-59)52(60)64-32-31-62-36-39-15-5-4-6-16-39)35-46(55-68-49-20-9-12-28-63-49)44-33-40(17-7-10-24-57)43(19-8-11-25-58)50(51(44)53)45-34-42(21-22-47(45)67-53)65-37-41-18-13-14-38(2)54-41/h3-6,13-16,18,21-22,33-34,40,43,48-51,57-59H,1,7-12,17,19-20,23-32,35-37H2,2H3/t40-,43+,48-,49?,50+,51+,53+/m0/s1. The van der Waals surface area contributed by atoms with Crippen molar-refractivity contribution >= 4 is 11.8 Å². The molecule has 0 radical (unpaired) electrons. The maximum absolute atomic E-state index is 14.8. The fourth-order valence-electron chi connectivity index (χ4n) is 10.2. The molecule has 1 unspecified atom stereocenters. The molecule has 1 amide bonds. The van der Waals surface area contributed by atoms with E-state index in [1.807, 2.05) is 67.6 Å². The molecule has 15 nitrogen and oxygen atoms in total. The number of oxime groups is 1. The molecule has 3 heterocycles. The lowest BCUT2D eigenvalue weighted by Gasteiger charge is -2.59. The number of unbranched alkanes of at least 4 members (excludes halogenated alkanes) is 2. The largest absolute Gasteiger partial charge is 0.487 e. The summed E-state index contributed by atoms with van der Waals surface area (Å²) in [5.74, 6) is -1.04. The van der Waals surface area contributed by atoms with Gasteiger partial charge in [0.15, 0.2) is 0 Å². The lowest BCUT2D eigenvalue weighted by molar-refractivity contribution is -0.256. The van der Waals surface area contributed by atoms with E-state index in [0.29, 0.717) is 49.7 Å². The molecule has 1 aromatic heterocycles. The smallest absolute Gasteiger partial charge is 0.410 e. The Labute approximate surface area is 401 Å². The molecule has 1 saturated carbocycles. The van der Waals surface area contributed by atoms with Crippen molar-refractivity contribution < 1.29 is 58.1 Å². The number of amides is 1. The summed E-state index contributed by atoms with van der Waals surface area (Å²) in [5, 5.41) is 34.6. The highest BCUT2D eigenvalue weighted by atomic mass is 16.8. The Hall–Kier alpha value is -4.87. The molecule has 7 rings (SSSR count). The highest BCUT2D eigenvalue weighted by Crippen LogP contribution is 2.62. The van der Waals surface area contributed by atoms with E-state index >= 15 is 0 Å². The van der Waals surface area contributed by atoms with Gasteiger partial charge in [0, 0.05) is 49.8 Å². The van der Waals surface area contributed by atoms with E-state index in [4.69, 9.17) is 43.2 Å². The van der Waals surface area contributed by atoms with Crippen molar-refractivity contribution in [1.82, 2.24) is 9.88 Å². The summed E-state index contributed by atoms with van der Waals surface area (Å²) in [6, 6.07) is 20.7. The molecule has 3 aromatic rings. The van der Waals surface area contributed by atoms with E-state index in [2.05, 4.69) is 23.7 Å². The molecule has 2 aliphatic heterocycles. The van der Waals surface area contributed by atoms with Crippen LogP contribution >= 0.6 is 0 Å². The van der Waals surface area contributed by atoms with E-state index in [-0.39, 0.29) is 90.2 Å². The third-order valence-corrected chi connectivity index (χ3v) is 13.3. The fraction of sp³-hybridized carbons (Fsp3) is 0.566. The third-order valence-electron chi connectivity index (χ3n) is 13.3. The van der Waals surface area contributed by atoms with E-state index < -0.39 is 30.1 Å². The first-order valence-electron chi connectivity index (χ1n) is 24.5. The van der Waals surface area contributed by atoms with Gasteiger partial charge in [0.05, 0.1) is 63.6 Å². The predicted molar refractivity (Wildman–Crippen MR) is 255 cm³/mol. The summed E-state index contributed by atoms with van der Waals surface area (Å²) in [6.07, 6.45) is 10.0. The fourth-order valence-corrected chi connectivity index (χ4v) is 10.2. The van der Waals surface area contributed by atoms with Crippen LogP contribution in [0.15, 0.2) is 96.2 Å². The molecular weight excluding hydrogens is 871 g/mol. The second-order valence-electron chi connectivity index (χ2n) is 17.9. The minimum atomic E-state index is -1.52. The van der Waals surface area contributed by atoms with Crippen LogP contribution in [0.1, 0.15) is 92.6 Å². The predicted octanol–water partition coefficient (Wildman–Crippen LogP) is 7.79. The molecule has 0 bridgehead atoms. The number of benzene rings is 2. The number of aryl methyl sites for hydroxylation is 1. The quantitative estimate of drug-likeness (QED) is 0.0383. The molecule has 2 aliphatic carbocycles. The van der Waals surface area contributed by atoms with Crippen molar-refractivity contribution in [2.45, 2.75) is 108 Å². The summed E-state index contributed by atoms with van der Waals surface area (Å²) in [7, 11) is 0. The second kappa shape index (κ2) is 26.2. The van der Waals surface area contributed by atoms with Gasteiger partial charge in [0.1, 0.15) is 30.8 Å². The Bertz CT molecular complexity index is 2100. The van der Waals surface area contributed by atoms with Crippen LogP contribution in [0.5, 0.6) is 11.5 Å². The topological polar surface area (TPSA) is 180 Å². The number of aliphatic hydroxyl groups is 3. The minimum Gasteiger partial charge on any atom is -0.487 e. The molecule has 15 heteroatoms. The average molecular weight is 942 g/mol. The Kier molecular flexibility index (Phi) is 19.6. The lowest BCUT2D eigenvalue weighted by Crippen LogP contribution is -2.70. The lowest BCUT2D eigenvalue weighted by atomic mass is 9.55. The van der Waals surface area contributed by atoms with Crippen molar-refractivity contribution in [3.8, 4) is 11.5 Å². The number of fused-ring (bicyclic) bond motifs is 2. The van der Waals surface area contributed by atoms with E-state index in [1.54, 1.807) is 11.0 Å². The number of pyridine rings is 1. The highest BCUT2D eigenvalue weighted by molar-refractivity contribution is 6.03.